The molecule has 1 N–H and O–H groups in total. The lowest BCUT2D eigenvalue weighted by molar-refractivity contribution is 0.0949. The minimum atomic E-state index is -0.278. The number of nitrogens with one attached hydrogen (secondary N) is 1. The molecule has 0 saturated carbocycles. The third-order valence-electron chi connectivity index (χ3n) is 4.39. The Morgan fingerprint density at radius 3 is 2.54 bits per heavy atom. The molecule has 5 nitrogen and oxygen atoms in total. The van der Waals surface area contributed by atoms with Crippen molar-refractivity contribution in [3.05, 3.63) is 83.6 Å². The summed E-state index contributed by atoms with van der Waals surface area (Å²) in [4.78, 5) is 23.0. The molecule has 3 aromatic rings. The molecular weight excluding hydrogens is 355 g/mol. The molecule has 0 atom stereocenters. The highest BCUT2D eigenvalue weighted by Gasteiger charge is 2.12. The topological polar surface area (TPSA) is 58.1 Å². The van der Waals surface area contributed by atoms with Gasteiger partial charge < -0.3 is 10.2 Å². The fourth-order valence-electron chi connectivity index (χ4n) is 2.91. The first-order valence-electron chi connectivity index (χ1n) is 9.25. The number of nitrogens with zero attached hydrogens (tertiary/aromatic N) is 3. The molecule has 2 aromatic carbocycles. The van der Waals surface area contributed by atoms with Crippen LogP contribution < -0.4 is 10.2 Å². The fourth-order valence-corrected chi connectivity index (χ4v) is 2.91. The zero-order valence-corrected chi connectivity index (χ0v) is 16.0. The second-order valence-corrected chi connectivity index (χ2v) is 6.48. The van der Waals surface area contributed by atoms with Gasteiger partial charge in [-0.2, -0.15) is 0 Å². The molecule has 0 aliphatic rings. The number of carbonyl (C=O) groups is 1. The average molecular weight is 378 g/mol. The number of aryl methyl sites for hydroxylation is 1. The Morgan fingerprint density at radius 1 is 1.11 bits per heavy atom. The van der Waals surface area contributed by atoms with Crippen LogP contribution in [0.3, 0.4) is 0 Å². The number of hydrogen-bond donors (Lipinski definition) is 1. The maximum atomic E-state index is 12.9. The van der Waals surface area contributed by atoms with Crippen LogP contribution in [0, 0.1) is 12.7 Å². The van der Waals surface area contributed by atoms with Gasteiger partial charge >= 0.3 is 0 Å². The smallest absolute Gasteiger partial charge is 0.271 e. The molecular formula is C22H23FN4O. The maximum Gasteiger partial charge on any atom is 0.271 e. The zero-order chi connectivity index (χ0) is 19.9. The van der Waals surface area contributed by atoms with Crippen LogP contribution in [0.4, 0.5) is 15.9 Å². The third-order valence-corrected chi connectivity index (χ3v) is 4.39. The summed E-state index contributed by atoms with van der Waals surface area (Å²) in [7, 11) is 0. The van der Waals surface area contributed by atoms with Crippen molar-refractivity contribution in [2.45, 2.75) is 20.3 Å². The first kappa shape index (κ1) is 19.5. The lowest BCUT2D eigenvalue weighted by atomic mass is 10.1. The fraction of sp³-hybridized carbons (Fsp3) is 0.227. The maximum absolute atomic E-state index is 12.9. The quantitative estimate of drug-likeness (QED) is 0.674. The summed E-state index contributed by atoms with van der Waals surface area (Å²) in [6.07, 6.45) is 3.72. The second kappa shape index (κ2) is 9.08. The van der Waals surface area contributed by atoms with E-state index in [1.54, 1.807) is 18.3 Å². The number of anilines is 2. The van der Waals surface area contributed by atoms with Crippen LogP contribution in [0.2, 0.25) is 0 Å². The van der Waals surface area contributed by atoms with Gasteiger partial charge in [0, 0.05) is 18.8 Å². The predicted molar refractivity (Wildman–Crippen MR) is 108 cm³/mol. The Hall–Kier alpha value is -3.28. The van der Waals surface area contributed by atoms with Crippen molar-refractivity contribution in [3.8, 4) is 0 Å². The van der Waals surface area contributed by atoms with E-state index in [-0.39, 0.29) is 17.4 Å². The minimum Gasteiger partial charge on any atom is -0.350 e. The highest BCUT2D eigenvalue weighted by molar-refractivity contribution is 5.92. The third kappa shape index (κ3) is 4.91. The number of amides is 1. The monoisotopic (exact) mass is 378 g/mol. The predicted octanol–water partition coefficient (Wildman–Crippen LogP) is 4.05. The van der Waals surface area contributed by atoms with Crippen LogP contribution in [-0.2, 0) is 6.42 Å². The van der Waals surface area contributed by atoms with Crippen molar-refractivity contribution in [2.24, 2.45) is 0 Å². The van der Waals surface area contributed by atoms with Crippen molar-refractivity contribution in [1.29, 1.82) is 0 Å². The van der Waals surface area contributed by atoms with Gasteiger partial charge in [-0.05, 0) is 55.7 Å². The van der Waals surface area contributed by atoms with E-state index in [9.17, 15) is 9.18 Å². The molecule has 0 spiro atoms. The van der Waals surface area contributed by atoms with Gasteiger partial charge in [0.2, 0.25) is 0 Å². The molecule has 3 rings (SSSR count). The Labute approximate surface area is 164 Å². The lowest BCUT2D eigenvalue weighted by Gasteiger charge is -2.22. The normalized spacial score (nSPS) is 10.5. The van der Waals surface area contributed by atoms with Crippen LogP contribution >= 0.6 is 0 Å². The summed E-state index contributed by atoms with van der Waals surface area (Å²) in [6, 6.07) is 14.4. The summed E-state index contributed by atoms with van der Waals surface area (Å²) in [5.41, 5.74) is 3.43. The van der Waals surface area contributed by atoms with Crippen molar-refractivity contribution in [1.82, 2.24) is 15.3 Å². The molecule has 0 unspecified atom stereocenters. The van der Waals surface area contributed by atoms with Gasteiger partial charge in [-0.25, -0.2) is 14.4 Å². The van der Waals surface area contributed by atoms with Crippen LogP contribution in [0.1, 0.15) is 28.5 Å². The molecule has 1 heterocycles. The Balaban J connectivity index is 1.61. The summed E-state index contributed by atoms with van der Waals surface area (Å²) in [5.74, 6) is 0.144. The van der Waals surface area contributed by atoms with Crippen LogP contribution in [0.5, 0.6) is 0 Å². The van der Waals surface area contributed by atoms with Crippen LogP contribution in [0.25, 0.3) is 0 Å². The first-order valence-corrected chi connectivity index (χ1v) is 9.25. The molecule has 0 aliphatic heterocycles. The minimum absolute atomic E-state index is 0.267. The number of aromatic nitrogens is 2. The van der Waals surface area contributed by atoms with Gasteiger partial charge in [-0.1, -0.05) is 24.3 Å². The molecule has 0 saturated heterocycles. The van der Waals surface area contributed by atoms with E-state index in [4.69, 9.17) is 0 Å². The van der Waals surface area contributed by atoms with Crippen molar-refractivity contribution < 1.29 is 9.18 Å². The van der Waals surface area contributed by atoms with Gasteiger partial charge in [0.25, 0.3) is 5.91 Å². The molecule has 0 fully saturated rings. The van der Waals surface area contributed by atoms with Crippen molar-refractivity contribution >= 4 is 17.4 Å². The van der Waals surface area contributed by atoms with Crippen molar-refractivity contribution in [2.75, 3.05) is 18.0 Å². The largest absolute Gasteiger partial charge is 0.350 e. The number of rotatable bonds is 7. The standard InChI is InChI=1S/C22H23FN4O/c1-3-27(19-6-4-5-16(2)13-19)21-15-25-20(14-26-21)22(28)24-12-11-17-7-9-18(23)10-8-17/h4-10,13-15H,3,11-12H2,1-2H3,(H,24,28). The van der Waals surface area contributed by atoms with Crippen LogP contribution in [0.15, 0.2) is 60.9 Å². The van der Waals surface area contributed by atoms with Gasteiger partial charge in [0.05, 0.1) is 12.4 Å². The van der Waals surface area contributed by atoms with Crippen molar-refractivity contribution in [3.63, 3.8) is 0 Å². The van der Waals surface area contributed by atoms with E-state index in [0.29, 0.717) is 18.8 Å². The second-order valence-electron chi connectivity index (χ2n) is 6.48. The lowest BCUT2D eigenvalue weighted by Crippen LogP contribution is -2.27. The van der Waals surface area contributed by atoms with E-state index in [2.05, 4.69) is 21.4 Å². The molecule has 0 aliphatic carbocycles. The SMILES string of the molecule is CCN(c1cccc(C)c1)c1cnc(C(=O)NCCc2ccc(F)cc2)cn1. The van der Waals surface area contributed by atoms with E-state index in [1.807, 2.05) is 36.9 Å². The number of halogens is 1. The van der Waals surface area contributed by atoms with Gasteiger partial charge in [-0.15, -0.1) is 0 Å². The van der Waals surface area contributed by atoms with E-state index in [0.717, 1.165) is 17.8 Å². The molecule has 0 bridgehead atoms. The average Bonchev–Trinajstić information content (AvgIpc) is 2.70. The molecule has 1 aromatic heterocycles. The summed E-state index contributed by atoms with van der Waals surface area (Å²) < 4.78 is 12.9. The Morgan fingerprint density at radius 2 is 1.89 bits per heavy atom. The number of carbonyl (C=O) groups excluding carboxylic acids is 1. The summed E-state index contributed by atoms with van der Waals surface area (Å²) >= 11 is 0. The Kier molecular flexibility index (Phi) is 6.32. The molecule has 6 heteroatoms. The molecule has 1 amide bonds. The number of hydrogen-bond acceptors (Lipinski definition) is 4. The zero-order valence-electron chi connectivity index (χ0n) is 16.0. The van der Waals surface area contributed by atoms with Gasteiger partial charge in [-0.3, -0.25) is 4.79 Å². The van der Waals surface area contributed by atoms with E-state index < -0.39 is 0 Å². The van der Waals surface area contributed by atoms with Crippen LogP contribution in [-0.4, -0.2) is 29.0 Å². The van der Waals surface area contributed by atoms with Gasteiger partial charge in [0.15, 0.2) is 5.82 Å². The number of benzene rings is 2. The van der Waals surface area contributed by atoms with Gasteiger partial charge in [0.1, 0.15) is 11.5 Å². The highest BCUT2D eigenvalue weighted by atomic mass is 19.1. The van der Waals surface area contributed by atoms with E-state index in [1.165, 1.54) is 23.9 Å². The molecule has 28 heavy (non-hydrogen) atoms. The van der Waals surface area contributed by atoms with E-state index >= 15 is 0 Å². The molecule has 144 valence electrons. The first-order chi connectivity index (χ1) is 13.6. The summed E-state index contributed by atoms with van der Waals surface area (Å²) in [6.45, 7) is 5.27. The summed E-state index contributed by atoms with van der Waals surface area (Å²) in [5, 5.41) is 2.82. The highest BCUT2D eigenvalue weighted by Crippen LogP contribution is 2.23. The Bertz CT molecular complexity index is 926. The molecule has 0 radical (unpaired) electrons.